The number of carboxylic acid groups (broad SMARTS) is 1. The molecule has 0 saturated carbocycles. The molecule has 0 fully saturated rings. The average molecular weight is 427 g/mol. The number of aliphatic carboxylic acids is 1. The number of rotatable bonds is 7. The molecule has 0 aliphatic rings. The zero-order valence-corrected chi connectivity index (χ0v) is 17.2. The van der Waals surface area contributed by atoms with Gasteiger partial charge in [0, 0.05) is 34.0 Å². The summed E-state index contributed by atoms with van der Waals surface area (Å²) in [4.78, 5) is 11.2. The van der Waals surface area contributed by atoms with Crippen LogP contribution >= 0.6 is 0 Å². The molecule has 0 aliphatic heterocycles. The maximum Gasteiger partial charge on any atom is 0.307 e. The highest BCUT2D eigenvalue weighted by atomic mass is 16.5. The van der Waals surface area contributed by atoms with Crippen molar-refractivity contribution in [3.05, 3.63) is 89.9 Å². The zero-order chi connectivity index (χ0) is 22.1. The van der Waals surface area contributed by atoms with Gasteiger partial charge in [-0.15, -0.1) is 0 Å². The van der Waals surface area contributed by atoms with Crippen LogP contribution in [0.5, 0.6) is 5.75 Å². The van der Waals surface area contributed by atoms with Crippen LogP contribution < -0.4 is 10.5 Å². The Morgan fingerprint density at radius 1 is 0.875 bits per heavy atom. The minimum Gasteiger partial charge on any atom is -0.489 e. The molecule has 3 aromatic carbocycles. The molecule has 2 aromatic heterocycles. The summed E-state index contributed by atoms with van der Waals surface area (Å²) in [6.45, 7) is 0.696. The van der Waals surface area contributed by atoms with Gasteiger partial charge in [0.05, 0.1) is 18.9 Å². The van der Waals surface area contributed by atoms with Gasteiger partial charge in [0.2, 0.25) is 0 Å². The van der Waals surface area contributed by atoms with Crippen LogP contribution in [0.4, 0.5) is 0 Å². The fourth-order valence-electron chi connectivity index (χ4n) is 4.00. The van der Waals surface area contributed by atoms with Gasteiger partial charge in [0.15, 0.2) is 0 Å². The first-order valence-electron chi connectivity index (χ1n) is 10.3. The van der Waals surface area contributed by atoms with Gasteiger partial charge in [-0.3, -0.25) is 4.79 Å². The van der Waals surface area contributed by atoms with Crippen molar-refractivity contribution in [2.24, 2.45) is 5.73 Å². The van der Waals surface area contributed by atoms with Gasteiger partial charge in [0.25, 0.3) is 0 Å². The summed E-state index contributed by atoms with van der Waals surface area (Å²) >= 11 is 0. The first-order chi connectivity index (χ1) is 15.6. The molecule has 0 amide bonds. The van der Waals surface area contributed by atoms with Crippen LogP contribution in [0, 0.1) is 0 Å². The molecule has 5 rings (SSSR count). The number of hydrogen-bond donors (Lipinski definition) is 2. The van der Waals surface area contributed by atoms with Crippen LogP contribution in [-0.4, -0.2) is 11.1 Å². The lowest BCUT2D eigenvalue weighted by Crippen LogP contribution is -2.04. The van der Waals surface area contributed by atoms with Gasteiger partial charge in [-0.25, -0.2) is 0 Å². The van der Waals surface area contributed by atoms with Crippen molar-refractivity contribution in [1.82, 2.24) is 0 Å². The summed E-state index contributed by atoms with van der Waals surface area (Å²) in [7, 11) is 0. The summed E-state index contributed by atoms with van der Waals surface area (Å²) in [5.41, 5.74) is 11.8. The highest BCUT2D eigenvalue weighted by molar-refractivity contribution is 6.01. The van der Waals surface area contributed by atoms with Crippen LogP contribution in [0.1, 0.15) is 16.7 Å². The number of benzene rings is 3. The quantitative estimate of drug-likeness (QED) is 0.355. The van der Waals surface area contributed by atoms with Crippen molar-refractivity contribution >= 4 is 27.9 Å². The van der Waals surface area contributed by atoms with E-state index in [4.69, 9.17) is 24.4 Å². The number of ether oxygens (including phenoxy) is 1. The number of para-hydroxylation sites is 1. The Kier molecular flexibility index (Phi) is 5.13. The third kappa shape index (κ3) is 3.72. The third-order valence-electron chi connectivity index (χ3n) is 5.46. The molecule has 0 unspecified atom stereocenters. The van der Waals surface area contributed by atoms with E-state index in [1.807, 2.05) is 42.5 Å². The van der Waals surface area contributed by atoms with E-state index >= 15 is 0 Å². The van der Waals surface area contributed by atoms with Gasteiger partial charge in [-0.2, -0.15) is 0 Å². The fraction of sp³-hybridized carbons (Fsp3) is 0.115. The largest absolute Gasteiger partial charge is 0.489 e. The fourth-order valence-corrected chi connectivity index (χ4v) is 4.00. The van der Waals surface area contributed by atoms with Crippen LogP contribution in [0.25, 0.3) is 33.1 Å². The number of fused-ring (bicyclic) bond motifs is 2. The third-order valence-corrected chi connectivity index (χ3v) is 5.46. The topological polar surface area (TPSA) is 98.8 Å². The lowest BCUT2D eigenvalue weighted by Gasteiger charge is -2.12. The molecule has 0 atom stereocenters. The Bertz CT molecular complexity index is 1430. The second-order valence-corrected chi connectivity index (χ2v) is 7.64. The Labute approximate surface area is 183 Å². The van der Waals surface area contributed by atoms with E-state index in [2.05, 4.69) is 0 Å². The van der Waals surface area contributed by atoms with Gasteiger partial charge < -0.3 is 24.4 Å². The minimum absolute atomic E-state index is 0.0927. The van der Waals surface area contributed by atoms with Crippen molar-refractivity contribution in [2.75, 3.05) is 0 Å². The van der Waals surface area contributed by atoms with E-state index in [1.165, 1.54) is 0 Å². The SMILES string of the molecule is NCc1cc(-c2cc(COc3ccccc3CC(=O)O)cc3ccoc23)c2occc2c1. The van der Waals surface area contributed by atoms with Crippen molar-refractivity contribution in [1.29, 1.82) is 0 Å². The van der Waals surface area contributed by atoms with E-state index in [9.17, 15) is 4.79 Å². The van der Waals surface area contributed by atoms with E-state index < -0.39 is 5.97 Å². The van der Waals surface area contributed by atoms with Crippen LogP contribution in [0.15, 0.2) is 82.0 Å². The summed E-state index contributed by atoms with van der Waals surface area (Å²) in [6, 6.07) is 19.1. The molecule has 6 nitrogen and oxygen atoms in total. The molecule has 0 spiro atoms. The second kappa shape index (κ2) is 8.24. The lowest BCUT2D eigenvalue weighted by atomic mass is 9.97. The standard InChI is InChI=1S/C26H21NO5/c27-14-16-9-19-5-7-30-25(19)21(11-16)22-12-17(10-20-6-8-31-26(20)22)15-32-23-4-2-1-3-18(23)13-24(28)29/h1-12H,13-15,27H2,(H,28,29). The molecule has 32 heavy (non-hydrogen) atoms. The molecule has 0 bridgehead atoms. The normalized spacial score (nSPS) is 11.3. The monoisotopic (exact) mass is 427 g/mol. The van der Waals surface area contributed by atoms with Gasteiger partial charge in [0.1, 0.15) is 23.5 Å². The molecule has 160 valence electrons. The Hall–Kier alpha value is -4.03. The van der Waals surface area contributed by atoms with Gasteiger partial charge in [-0.1, -0.05) is 18.2 Å². The number of furan rings is 2. The number of hydrogen-bond acceptors (Lipinski definition) is 5. The first-order valence-corrected chi connectivity index (χ1v) is 10.3. The van der Waals surface area contributed by atoms with Crippen molar-refractivity contribution in [3.8, 4) is 16.9 Å². The molecule has 0 radical (unpaired) electrons. The molecule has 0 saturated heterocycles. The number of carbonyl (C=O) groups is 1. The van der Waals surface area contributed by atoms with Crippen molar-refractivity contribution in [3.63, 3.8) is 0 Å². The molecule has 6 heteroatoms. The van der Waals surface area contributed by atoms with E-state index in [0.29, 0.717) is 17.9 Å². The summed E-state index contributed by atoms with van der Waals surface area (Å²) < 4.78 is 17.6. The van der Waals surface area contributed by atoms with E-state index in [-0.39, 0.29) is 13.0 Å². The maximum absolute atomic E-state index is 11.2. The Balaban J connectivity index is 1.56. The van der Waals surface area contributed by atoms with Gasteiger partial charge in [-0.05, 0) is 53.6 Å². The van der Waals surface area contributed by atoms with E-state index in [0.717, 1.165) is 44.2 Å². The highest BCUT2D eigenvalue weighted by Crippen LogP contribution is 2.37. The lowest BCUT2D eigenvalue weighted by molar-refractivity contribution is -0.136. The predicted octanol–water partition coefficient (Wildman–Crippen LogP) is 5.51. The summed E-state index contributed by atoms with van der Waals surface area (Å²) in [6.07, 6.45) is 3.23. The van der Waals surface area contributed by atoms with Crippen LogP contribution in [0.2, 0.25) is 0 Å². The predicted molar refractivity (Wildman–Crippen MR) is 121 cm³/mol. The number of nitrogens with two attached hydrogens (primary N) is 1. The van der Waals surface area contributed by atoms with Crippen molar-refractivity contribution in [2.45, 2.75) is 19.6 Å². The first kappa shape index (κ1) is 19.9. The Morgan fingerprint density at radius 3 is 2.16 bits per heavy atom. The average Bonchev–Trinajstić information content (AvgIpc) is 3.46. The second-order valence-electron chi connectivity index (χ2n) is 7.64. The summed E-state index contributed by atoms with van der Waals surface area (Å²) in [5, 5.41) is 11.1. The maximum atomic E-state index is 11.2. The van der Waals surface area contributed by atoms with Gasteiger partial charge >= 0.3 is 5.97 Å². The van der Waals surface area contributed by atoms with E-state index in [1.54, 1.807) is 30.7 Å². The molecule has 2 heterocycles. The molecular weight excluding hydrogens is 406 g/mol. The molecule has 3 N–H and O–H groups in total. The molecule has 0 aliphatic carbocycles. The Morgan fingerprint density at radius 2 is 1.50 bits per heavy atom. The molecular formula is C26H21NO5. The number of carboxylic acids is 1. The minimum atomic E-state index is -0.898. The summed E-state index contributed by atoms with van der Waals surface area (Å²) in [5.74, 6) is -0.340. The molecule has 5 aromatic rings. The van der Waals surface area contributed by atoms with Crippen LogP contribution in [-0.2, 0) is 24.4 Å². The van der Waals surface area contributed by atoms with Crippen LogP contribution in [0.3, 0.4) is 0 Å². The van der Waals surface area contributed by atoms with Crippen molar-refractivity contribution < 1.29 is 23.5 Å². The highest BCUT2D eigenvalue weighted by Gasteiger charge is 2.16. The smallest absolute Gasteiger partial charge is 0.307 e. The zero-order valence-electron chi connectivity index (χ0n) is 17.2.